The zero-order valence-corrected chi connectivity index (χ0v) is 14.5. The van der Waals surface area contributed by atoms with E-state index in [4.69, 9.17) is 0 Å². The van der Waals surface area contributed by atoms with Crippen molar-refractivity contribution in [1.82, 2.24) is 4.90 Å². The Bertz CT molecular complexity index is 584. The highest BCUT2D eigenvalue weighted by Gasteiger charge is 2.21. The maximum absolute atomic E-state index is 12.4. The molecule has 0 aromatic heterocycles. The summed E-state index contributed by atoms with van der Waals surface area (Å²) in [7, 11) is 0. The summed E-state index contributed by atoms with van der Waals surface area (Å²) in [6.45, 7) is 9.43. The molecule has 1 aliphatic rings. The third kappa shape index (κ3) is 4.71. The molecule has 1 aromatic carbocycles. The number of nitrogens with one attached hydrogen (secondary N) is 2. The molecule has 1 saturated heterocycles. The van der Waals surface area contributed by atoms with Crippen LogP contribution in [0.2, 0.25) is 0 Å². The molecular formula is C18H27N3O2. The van der Waals surface area contributed by atoms with Gasteiger partial charge in [-0.2, -0.15) is 0 Å². The van der Waals surface area contributed by atoms with Crippen LogP contribution in [0.5, 0.6) is 0 Å². The highest BCUT2D eigenvalue weighted by molar-refractivity contribution is 5.94. The summed E-state index contributed by atoms with van der Waals surface area (Å²) in [6, 6.07) is 5.52. The molecule has 0 spiro atoms. The lowest BCUT2D eigenvalue weighted by atomic mass is 10.0. The molecule has 0 aliphatic carbocycles. The first-order chi connectivity index (χ1) is 10.9. The first-order valence-corrected chi connectivity index (χ1v) is 8.34. The van der Waals surface area contributed by atoms with E-state index in [2.05, 4.69) is 17.6 Å². The summed E-state index contributed by atoms with van der Waals surface area (Å²) in [5, 5.41) is 5.84. The van der Waals surface area contributed by atoms with Crippen molar-refractivity contribution >= 4 is 23.3 Å². The molecule has 0 bridgehead atoms. The van der Waals surface area contributed by atoms with Crippen molar-refractivity contribution in [3.05, 3.63) is 23.8 Å². The highest BCUT2D eigenvalue weighted by atomic mass is 16.2. The SMILES string of the molecule is Cc1ccc(NC(=O)C(C)C)cc1NC(=O)N1CCC[C@H](C)C1. The van der Waals surface area contributed by atoms with E-state index in [0.29, 0.717) is 11.6 Å². The number of rotatable bonds is 3. The van der Waals surface area contributed by atoms with Crippen LogP contribution < -0.4 is 10.6 Å². The first kappa shape index (κ1) is 17.3. The lowest BCUT2D eigenvalue weighted by molar-refractivity contribution is -0.118. The maximum Gasteiger partial charge on any atom is 0.321 e. The summed E-state index contributed by atoms with van der Waals surface area (Å²) in [4.78, 5) is 26.1. The second kappa shape index (κ2) is 7.49. The Kier molecular flexibility index (Phi) is 5.64. The van der Waals surface area contributed by atoms with Crippen molar-refractivity contribution in [2.45, 2.75) is 40.5 Å². The molecule has 1 aliphatic heterocycles. The number of nitrogens with zero attached hydrogens (tertiary/aromatic N) is 1. The second-order valence-corrected chi connectivity index (χ2v) is 6.80. The molecule has 5 heteroatoms. The summed E-state index contributed by atoms with van der Waals surface area (Å²) in [5.41, 5.74) is 2.43. The number of benzene rings is 1. The van der Waals surface area contributed by atoms with Gasteiger partial charge in [-0.05, 0) is 43.4 Å². The number of urea groups is 1. The van der Waals surface area contributed by atoms with Crippen molar-refractivity contribution in [3.8, 4) is 0 Å². The molecule has 0 saturated carbocycles. The summed E-state index contributed by atoms with van der Waals surface area (Å²) >= 11 is 0. The molecule has 2 rings (SSSR count). The first-order valence-electron chi connectivity index (χ1n) is 8.34. The number of hydrogen-bond acceptors (Lipinski definition) is 2. The van der Waals surface area contributed by atoms with Gasteiger partial charge in [0.05, 0.1) is 0 Å². The van der Waals surface area contributed by atoms with Gasteiger partial charge in [0.2, 0.25) is 5.91 Å². The molecule has 1 atom stereocenters. The van der Waals surface area contributed by atoms with Gasteiger partial charge in [0, 0.05) is 30.4 Å². The number of carbonyl (C=O) groups excluding carboxylic acids is 2. The summed E-state index contributed by atoms with van der Waals surface area (Å²) < 4.78 is 0. The van der Waals surface area contributed by atoms with Crippen molar-refractivity contribution in [2.24, 2.45) is 11.8 Å². The van der Waals surface area contributed by atoms with Gasteiger partial charge >= 0.3 is 6.03 Å². The maximum atomic E-state index is 12.4. The van der Waals surface area contributed by atoms with Crippen molar-refractivity contribution in [2.75, 3.05) is 23.7 Å². The number of hydrogen-bond donors (Lipinski definition) is 2. The van der Waals surface area contributed by atoms with Crippen LogP contribution in [0.3, 0.4) is 0 Å². The minimum atomic E-state index is -0.0795. The average molecular weight is 317 g/mol. The van der Waals surface area contributed by atoms with E-state index in [1.807, 2.05) is 43.9 Å². The third-order valence-electron chi connectivity index (χ3n) is 4.22. The lowest BCUT2D eigenvalue weighted by Gasteiger charge is -2.31. The molecule has 1 heterocycles. The number of likely N-dealkylation sites (tertiary alicyclic amines) is 1. The van der Waals surface area contributed by atoms with Crippen LogP contribution in [0.25, 0.3) is 0 Å². The van der Waals surface area contributed by atoms with Crippen LogP contribution in [-0.2, 0) is 4.79 Å². The molecule has 1 fully saturated rings. The minimum absolute atomic E-state index is 0.0315. The Morgan fingerprint density at radius 3 is 2.65 bits per heavy atom. The number of carbonyl (C=O) groups is 2. The predicted molar refractivity (Wildman–Crippen MR) is 93.6 cm³/mol. The van der Waals surface area contributed by atoms with Gasteiger partial charge in [0.15, 0.2) is 0 Å². The third-order valence-corrected chi connectivity index (χ3v) is 4.22. The molecule has 0 unspecified atom stereocenters. The van der Waals surface area contributed by atoms with Gasteiger partial charge in [-0.25, -0.2) is 4.79 Å². The van der Waals surface area contributed by atoms with E-state index in [1.54, 1.807) is 0 Å². The lowest BCUT2D eigenvalue weighted by Crippen LogP contribution is -2.41. The Morgan fingerprint density at radius 1 is 1.26 bits per heavy atom. The van der Waals surface area contributed by atoms with Crippen LogP contribution >= 0.6 is 0 Å². The van der Waals surface area contributed by atoms with E-state index >= 15 is 0 Å². The van der Waals surface area contributed by atoms with E-state index in [-0.39, 0.29) is 17.9 Å². The van der Waals surface area contributed by atoms with Gasteiger partial charge in [0.1, 0.15) is 0 Å². The van der Waals surface area contributed by atoms with Gasteiger partial charge in [0.25, 0.3) is 0 Å². The molecule has 126 valence electrons. The molecule has 1 aromatic rings. The van der Waals surface area contributed by atoms with E-state index in [9.17, 15) is 9.59 Å². The van der Waals surface area contributed by atoms with Crippen molar-refractivity contribution in [1.29, 1.82) is 0 Å². The smallest absolute Gasteiger partial charge is 0.321 e. The topological polar surface area (TPSA) is 61.4 Å². The Morgan fingerprint density at radius 2 is 2.00 bits per heavy atom. The zero-order valence-electron chi connectivity index (χ0n) is 14.5. The fourth-order valence-electron chi connectivity index (χ4n) is 2.69. The normalized spacial score (nSPS) is 18.0. The van der Waals surface area contributed by atoms with Gasteiger partial charge < -0.3 is 15.5 Å². The standard InChI is InChI=1S/C18H27N3O2/c1-12(2)17(22)19-15-8-7-14(4)16(10-15)20-18(23)21-9-5-6-13(3)11-21/h7-8,10,12-13H,5-6,9,11H2,1-4H3,(H,19,22)(H,20,23)/t13-/m0/s1. The van der Waals surface area contributed by atoms with Crippen LogP contribution in [0, 0.1) is 18.8 Å². The number of aryl methyl sites for hydroxylation is 1. The fourth-order valence-corrected chi connectivity index (χ4v) is 2.69. The van der Waals surface area contributed by atoms with Crippen LogP contribution in [0.1, 0.15) is 39.2 Å². The van der Waals surface area contributed by atoms with E-state index < -0.39 is 0 Å². The average Bonchev–Trinajstić information content (AvgIpc) is 2.50. The zero-order chi connectivity index (χ0) is 17.0. The van der Waals surface area contributed by atoms with Gasteiger partial charge in [-0.3, -0.25) is 4.79 Å². The minimum Gasteiger partial charge on any atom is -0.326 e. The van der Waals surface area contributed by atoms with Gasteiger partial charge in [-0.15, -0.1) is 0 Å². The number of amides is 3. The summed E-state index contributed by atoms with van der Waals surface area (Å²) in [6.07, 6.45) is 2.23. The monoisotopic (exact) mass is 317 g/mol. The van der Waals surface area contributed by atoms with Gasteiger partial charge in [-0.1, -0.05) is 26.8 Å². The molecule has 0 radical (unpaired) electrons. The Balaban J connectivity index is 2.06. The summed E-state index contributed by atoms with van der Waals surface area (Å²) in [5.74, 6) is 0.437. The Labute approximate surface area is 138 Å². The molecule has 2 N–H and O–H groups in total. The van der Waals surface area contributed by atoms with Crippen molar-refractivity contribution in [3.63, 3.8) is 0 Å². The molecular weight excluding hydrogens is 290 g/mol. The Hall–Kier alpha value is -2.04. The van der Waals surface area contributed by atoms with Crippen LogP contribution in [0.4, 0.5) is 16.2 Å². The molecule has 23 heavy (non-hydrogen) atoms. The quantitative estimate of drug-likeness (QED) is 0.889. The predicted octanol–water partition coefficient (Wildman–Crippen LogP) is 3.85. The highest BCUT2D eigenvalue weighted by Crippen LogP contribution is 2.22. The number of piperidine rings is 1. The largest absolute Gasteiger partial charge is 0.326 e. The van der Waals surface area contributed by atoms with Crippen LogP contribution in [0.15, 0.2) is 18.2 Å². The van der Waals surface area contributed by atoms with Crippen LogP contribution in [-0.4, -0.2) is 29.9 Å². The molecule has 5 nitrogen and oxygen atoms in total. The van der Waals surface area contributed by atoms with E-state index in [0.717, 1.165) is 30.8 Å². The number of anilines is 2. The van der Waals surface area contributed by atoms with E-state index in [1.165, 1.54) is 6.42 Å². The second-order valence-electron chi connectivity index (χ2n) is 6.80. The van der Waals surface area contributed by atoms with Crippen molar-refractivity contribution < 1.29 is 9.59 Å². The molecule has 3 amide bonds. The fraction of sp³-hybridized carbons (Fsp3) is 0.556.